The van der Waals surface area contributed by atoms with Crippen LogP contribution in [0.25, 0.3) is 0 Å². The summed E-state index contributed by atoms with van der Waals surface area (Å²) in [5.74, 6) is -3.34. The lowest BCUT2D eigenvalue weighted by molar-refractivity contribution is -0.155. The fourth-order valence-electron chi connectivity index (χ4n) is 2.63. The van der Waals surface area contributed by atoms with E-state index in [0.29, 0.717) is 19.4 Å². The van der Waals surface area contributed by atoms with Crippen molar-refractivity contribution in [2.45, 2.75) is 19.0 Å². The Kier molecular flexibility index (Phi) is 6.75. The van der Waals surface area contributed by atoms with Crippen LogP contribution in [0.4, 0.5) is 17.6 Å². The van der Waals surface area contributed by atoms with Crippen LogP contribution < -0.4 is 5.32 Å². The number of alkyl halides is 3. The van der Waals surface area contributed by atoms with Crippen LogP contribution in [0.2, 0.25) is 0 Å². The molecular formula is C17H18F4N2O4. The van der Waals surface area contributed by atoms with E-state index in [9.17, 15) is 31.9 Å². The first-order valence-electron chi connectivity index (χ1n) is 8.20. The Bertz CT molecular complexity index is 691. The summed E-state index contributed by atoms with van der Waals surface area (Å²) >= 11 is 0. The molecule has 2 amide bonds. The molecule has 6 nitrogen and oxygen atoms in total. The van der Waals surface area contributed by atoms with E-state index < -0.39 is 42.9 Å². The molecule has 27 heavy (non-hydrogen) atoms. The van der Waals surface area contributed by atoms with Crippen molar-refractivity contribution in [3.8, 4) is 0 Å². The third-order valence-corrected chi connectivity index (χ3v) is 3.96. The summed E-state index contributed by atoms with van der Waals surface area (Å²) in [4.78, 5) is 37.1. The highest BCUT2D eigenvalue weighted by molar-refractivity contribution is 5.94. The van der Waals surface area contributed by atoms with Gasteiger partial charge < -0.3 is 15.0 Å². The van der Waals surface area contributed by atoms with Gasteiger partial charge >= 0.3 is 12.1 Å². The molecule has 1 aliphatic heterocycles. The van der Waals surface area contributed by atoms with Crippen LogP contribution >= 0.6 is 0 Å². The average molecular weight is 390 g/mol. The molecule has 1 heterocycles. The molecule has 1 N–H and O–H groups in total. The van der Waals surface area contributed by atoms with E-state index in [2.05, 4.69) is 0 Å². The van der Waals surface area contributed by atoms with Crippen LogP contribution in [0, 0.1) is 11.7 Å². The predicted octanol–water partition coefficient (Wildman–Crippen LogP) is 1.90. The highest BCUT2D eigenvalue weighted by atomic mass is 19.4. The van der Waals surface area contributed by atoms with Crippen molar-refractivity contribution in [2.75, 3.05) is 26.2 Å². The first kappa shape index (κ1) is 20.7. The smallest absolute Gasteiger partial charge is 0.405 e. The molecule has 0 bridgehead atoms. The van der Waals surface area contributed by atoms with Gasteiger partial charge in [-0.05, 0) is 37.1 Å². The minimum absolute atomic E-state index is 0.0548. The topological polar surface area (TPSA) is 75.7 Å². The van der Waals surface area contributed by atoms with Gasteiger partial charge in [-0.1, -0.05) is 0 Å². The van der Waals surface area contributed by atoms with E-state index in [1.807, 2.05) is 0 Å². The van der Waals surface area contributed by atoms with Crippen LogP contribution in [0.5, 0.6) is 0 Å². The fourth-order valence-corrected chi connectivity index (χ4v) is 2.63. The molecule has 1 aromatic rings. The number of halogens is 4. The summed E-state index contributed by atoms with van der Waals surface area (Å²) in [6.07, 6.45) is -3.60. The number of nitrogens with zero attached hydrogens (tertiary/aromatic N) is 1. The van der Waals surface area contributed by atoms with Gasteiger partial charge in [-0.25, -0.2) is 4.39 Å². The van der Waals surface area contributed by atoms with Gasteiger partial charge in [0.2, 0.25) is 0 Å². The van der Waals surface area contributed by atoms with Gasteiger partial charge in [-0.2, -0.15) is 13.2 Å². The molecule has 1 aliphatic rings. The number of benzene rings is 1. The molecule has 0 saturated carbocycles. The standard InChI is InChI=1S/C17H18F4N2O4/c18-13-5-3-11(4-6-13)15(25)23-7-1-2-12(8-23)16(26)27-9-14(24)22-10-17(19,20)21/h3-6,12H,1-2,7-10H2,(H,22,24). The molecule has 148 valence electrons. The summed E-state index contributed by atoms with van der Waals surface area (Å²) in [5, 5.41) is 1.60. The number of likely N-dealkylation sites (tertiary alicyclic amines) is 1. The Balaban J connectivity index is 1.84. The third-order valence-electron chi connectivity index (χ3n) is 3.96. The van der Waals surface area contributed by atoms with Gasteiger partial charge in [0.05, 0.1) is 5.92 Å². The van der Waals surface area contributed by atoms with Crippen molar-refractivity contribution in [1.82, 2.24) is 10.2 Å². The average Bonchev–Trinajstić information content (AvgIpc) is 2.64. The second kappa shape index (κ2) is 8.83. The van der Waals surface area contributed by atoms with Gasteiger partial charge in [0.15, 0.2) is 6.61 Å². The third kappa shape index (κ3) is 6.54. The maximum absolute atomic E-state index is 12.9. The minimum atomic E-state index is -4.55. The zero-order chi connectivity index (χ0) is 20.0. The number of ether oxygens (including phenoxy) is 1. The number of carbonyl (C=O) groups excluding carboxylic acids is 3. The second-order valence-corrected chi connectivity index (χ2v) is 6.10. The molecule has 1 fully saturated rings. The fraction of sp³-hybridized carbons (Fsp3) is 0.471. The molecule has 1 atom stereocenters. The highest BCUT2D eigenvalue weighted by Gasteiger charge is 2.31. The van der Waals surface area contributed by atoms with Crippen LogP contribution in [-0.4, -0.2) is 55.1 Å². The summed E-state index contributed by atoms with van der Waals surface area (Å²) in [5.41, 5.74) is 0.275. The van der Waals surface area contributed by atoms with E-state index in [1.165, 1.54) is 17.0 Å². The van der Waals surface area contributed by atoms with E-state index in [0.717, 1.165) is 12.1 Å². The SMILES string of the molecule is O=C(COC(=O)C1CCCN(C(=O)c2ccc(F)cc2)C1)NCC(F)(F)F. The van der Waals surface area contributed by atoms with Crippen LogP contribution in [-0.2, 0) is 14.3 Å². The number of piperidine rings is 1. The van der Waals surface area contributed by atoms with Gasteiger partial charge in [0.1, 0.15) is 12.4 Å². The number of nitrogens with one attached hydrogen (secondary N) is 1. The summed E-state index contributed by atoms with van der Waals surface area (Å²) in [6, 6.07) is 4.99. The Morgan fingerprint density at radius 1 is 1.19 bits per heavy atom. The maximum Gasteiger partial charge on any atom is 0.405 e. The number of carbonyl (C=O) groups is 3. The van der Waals surface area contributed by atoms with Gasteiger partial charge in [0.25, 0.3) is 11.8 Å². The number of rotatable bonds is 5. The predicted molar refractivity (Wildman–Crippen MR) is 85.1 cm³/mol. The number of amides is 2. The second-order valence-electron chi connectivity index (χ2n) is 6.10. The van der Waals surface area contributed by atoms with Crippen LogP contribution in [0.3, 0.4) is 0 Å². The van der Waals surface area contributed by atoms with Crippen molar-refractivity contribution in [2.24, 2.45) is 5.92 Å². The van der Waals surface area contributed by atoms with Crippen molar-refractivity contribution < 1.29 is 36.7 Å². The van der Waals surface area contributed by atoms with Crippen LogP contribution in [0.1, 0.15) is 23.2 Å². The lowest BCUT2D eigenvalue weighted by atomic mass is 9.97. The zero-order valence-corrected chi connectivity index (χ0v) is 14.2. The summed E-state index contributed by atoms with van der Waals surface area (Å²) in [6.45, 7) is -1.87. The molecule has 10 heteroatoms. The lowest BCUT2D eigenvalue weighted by Gasteiger charge is -2.31. The number of hydrogen-bond acceptors (Lipinski definition) is 4. The first-order valence-corrected chi connectivity index (χ1v) is 8.20. The van der Waals surface area contributed by atoms with E-state index in [1.54, 1.807) is 5.32 Å². The van der Waals surface area contributed by atoms with Gasteiger partial charge in [-0.3, -0.25) is 14.4 Å². The Labute approximate surface area is 152 Å². The molecule has 0 aromatic heterocycles. The molecule has 2 rings (SSSR count). The van der Waals surface area contributed by atoms with E-state index >= 15 is 0 Å². The Morgan fingerprint density at radius 3 is 2.48 bits per heavy atom. The molecular weight excluding hydrogens is 372 g/mol. The van der Waals surface area contributed by atoms with Crippen molar-refractivity contribution in [3.63, 3.8) is 0 Å². The van der Waals surface area contributed by atoms with Crippen molar-refractivity contribution in [3.05, 3.63) is 35.6 Å². The Morgan fingerprint density at radius 2 is 1.85 bits per heavy atom. The lowest BCUT2D eigenvalue weighted by Crippen LogP contribution is -2.43. The molecule has 1 unspecified atom stereocenters. The van der Waals surface area contributed by atoms with Crippen LogP contribution in [0.15, 0.2) is 24.3 Å². The highest BCUT2D eigenvalue weighted by Crippen LogP contribution is 2.20. The van der Waals surface area contributed by atoms with E-state index in [-0.39, 0.29) is 18.0 Å². The van der Waals surface area contributed by atoms with Gasteiger partial charge in [0, 0.05) is 18.7 Å². The molecule has 0 radical (unpaired) electrons. The zero-order valence-electron chi connectivity index (χ0n) is 14.2. The quantitative estimate of drug-likeness (QED) is 0.616. The monoisotopic (exact) mass is 390 g/mol. The van der Waals surface area contributed by atoms with Crippen molar-refractivity contribution in [1.29, 1.82) is 0 Å². The largest absolute Gasteiger partial charge is 0.455 e. The first-order chi connectivity index (χ1) is 12.7. The minimum Gasteiger partial charge on any atom is -0.455 e. The maximum atomic E-state index is 12.9. The van der Waals surface area contributed by atoms with Crippen molar-refractivity contribution >= 4 is 17.8 Å². The Hall–Kier alpha value is -2.65. The number of hydrogen-bond donors (Lipinski definition) is 1. The molecule has 0 spiro atoms. The number of esters is 1. The molecule has 0 aliphatic carbocycles. The van der Waals surface area contributed by atoms with Gasteiger partial charge in [-0.15, -0.1) is 0 Å². The molecule has 1 saturated heterocycles. The summed E-state index contributed by atoms with van der Waals surface area (Å²) in [7, 11) is 0. The normalized spacial score (nSPS) is 17.3. The molecule has 1 aromatic carbocycles. The van der Waals surface area contributed by atoms with E-state index in [4.69, 9.17) is 4.74 Å². The summed E-state index contributed by atoms with van der Waals surface area (Å²) < 4.78 is 53.7.